The van der Waals surface area contributed by atoms with Gasteiger partial charge in [-0.1, -0.05) is 0 Å². The SMILES string of the molecule is CC1CN(C(=O)c2ccc(S(=O)(=O)NC(C)(C)C)cc2)CCN1.Cl. The van der Waals surface area contributed by atoms with Crippen molar-refractivity contribution in [3.05, 3.63) is 29.8 Å². The van der Waals surface area contributed by atoms with E-state index < -0.39 is 15.6 Å². The molecule has 2 rings (SSSR count). The Hall–Kier alpha value is -1.15. The molecular weight excluding hydrogens is 350 g/mol. The lowest BCUT2D eigenvalue weighted by atomic mass is 10.1. The quantitative estimate of drug-likeness (QED) is 0.841. The summed E-state index contributed by atoms with van der Waals surface area (Å²) in [5, 5.41) is 3.29. The first-order valence-electron chi connectivity index (χ1n) is 7.75. The van der Waals surface area contributed by atoms with Gasteiger partial charge in [-0.2, -0.15) is 0 Å². The highest BCUT2D eigenvalue weighted by molar-refractivity contribution is 7.89. The van der Waals surface area contributed by atoms with Gasteiger partial charge in [0.1, 0.15) is 0 Å². The summed E-state index contributed by atoms with van der Waals surface area (Å²) in [7, 11) is -3.58. The van der Waals surface area contributed by atoms with Crippen molar-refractivity contribution < 1.29 is 13.2 Å². The van der Waals surface area contributed by atoms with E-state index in [1.807, 2.05) is 6.92 Å². The second kappa shape index (κ2) is 7.82. The average molecular weight is 376 g/mol. The molecule has 1 aromatic rings. The third-order valence-electron chi connectivity index (χ3n) is 3.51. The first-order valence-corrected chi connectivity index (χ1v) is 9.23. The maximum atomic E-state index is 12.5. The van der Waals surface area contributed by atoms with E-state index in [4.69, 9.17) is 0 Å². The lowest BCUT2D eigenvalue weighted by Crippen LogP contribution is -2.51. The zero-order chi connectivity index (χ0) is 17.3. The lowest BCUT2D eigenvalue weighted by Gasteiger charge is -2.32. The highest BCUT2D eigenvalue weighted by Crippen LogP contribution is 2.15. The highest BCUT2D eigenvalue weighted by atomic mass is 35.5. The van der Waals surface area contributed by atoms with Crippen molar-refractivity contribution in [2.75, 3.05) is 19.6 Å². The fourth-order valence-corrected chi connectivity index (χ4v) is 3.96. The Bertz CT molecular complexity index is 669. The molecule has 136 valence electrons. The van der Waals surface area contributed by atoms with Crippen LogP contribution in [0.25, 0.3) is 0 Å². The molecular formula is C16H26ClN3O3S. The third kappa shape index (κ3) is 5.44. The van der Waals surface area contributed by atoms with Crippen molar-refractivity contribution in [2.45, 2.75) is 44.2 Å². The Labute approximate surface area is 150 Å². The summed E-state index contributed by atoms with van der Waals surface area (Å²) in [6.07, 6.45) is 0. The van der Waals surface area contributed by atoms with Gasteiger partial charge >= 0.3 is 0 Å². The van der Waals surface area contributed by atoms with Crippen LogP contribution in [0.5, 0.6) is 0 Å². The molecule has 1 unspecified atom stereocenters. The van der Waals surface area contributed by atoms with Crippen LogP contribution in [0, 0.1) is 0 Å². The number of halogens is 1. The molecule has 0 spiro atoms. The van der Waals surface area contributed by atoms with Gasteiger partial charge in [-0.3, -0.25) is 4.79 Å². The Kier molecular flexibility index (Phi) is 6.81. The van der Waals surface area contributed by atoms with Crippen molar-refractivity contribution in [3.8, 4) is 0 Å². The zero-order valence-electron chi connectivity index (χ0n) is 14.5. The van der Waals surface area contributed by atoms with E-state index in [0.29, 0.717) is 18.7 Å². The van der Waals surface area contributed by atoms with E-state index in [-0.39, 0.29) is 29.3 Å². The van der Waals surface area contributed by atoms with Crippen LogP contribution in [-0.2, 0) is 10.0 Å². The van der Waals surface area contributed by atoms with Gasteiger partial charge in [0.05, 0.1) is 4.90 Å². The summed E-state index contributed by atoms with van der Waals surface area (Å²) in [5.74, 6) is -0.0638. The van der Waals surface area contributed by atoms with Crippen molar-refractivity contribution in [1.29, 1.82) is 0 Å². The molecule has 1 saturated heterocycles. The van der Waals surface area contributed by atoms with Crippen LogP contribution in [0.3, 0.4) is 0 Å². The average Bonchev–Trinajstić information content (AvgIpc) is 2.44. The van der Waals surface area contributed by atoms with Crippen LogP contribution in [0.4, 0.5) is 0 Å². The number of carbonyl (C=O) groups is 1. The van der Waals surface area contributed by atoms with Crippen LogP contribution in [0.1, 0.15) is 38.1 Å². The third-order valence-corrected chi connectivity index (χ3v) is 5.28. The number of hydrogen-bond donors (Lipinski definition) is 2. The van der Waals surface area contributed by atoms with Crippen LogP contribution >= 0.6 is 12.4 Å². The predicted octanol–water partition coefficient (Wildman–Crippen LogP) is 1.62. The first kappa shape index (κ1) is 20.9. The Balaban J connectivity index is 0.00000288. The molecule has 0 aromatic heterocycles. The van der Waals surface area contributed by atoms with Gasteiger partial charge in [0.15, 0.2) is 0 Å². The fraction of sp³-hybridized carbons (Fsp3) is 0.562. The summed E-state index contributed by atoms with van der Waals surface area (Å²) in [6.45, 7) is 9.48. The van der Waals surface area contributed by atoms with E-state index in [1.54, 1.807) is 37.8 Å². The zero-order valence-corrected chi connectivity index (χ0v) is 16.1. The van der Waals surface area contributed by atoms with Gasteiger partial charge in [0, 0.05) is 36.8 Å². The minimum atomic E-state index is -3.58. The van der Waals surface area contributed by atoms with E-state index in [1.165, 1.54) is 12.1 Å². The number of benzene rings is 1. The van der Waals surface area contributed by atoms with Gasteiger partial charge < -0.3 is 10.2 Å². The molecule has 1 aliphatic heterocycles. The van der Waals surface area contributed by atoms with Crippen LogP contribution in [0.15, 0.2) is 29.2 Å². The number of hydrogen-bond acceptors (Lipinski definition) is 4. The number of nitrogens with zero attached hydrogens (tertiary/aromatic N) is 1. The number of piperazine rings is 1. The number of carbonyl (C=O) groups excluding carboxylic acids is 1. The Morgan fingerprint density at radius 1 is 1.25 bits per heavy atom. The molecule has 0 saturated carbocycles. The van der Waals surface area contributed by atoms with Gasteiger partial charge in [0.2, 0.25) is 10.0 Å². The Morgan fingerprint density at radius 2 is 1.83 bits per heavy atom. The second-order valence-electron chi connectivity index (χ2n) is 6.99. The minimum absolute atomic E-state index is 0. The van der Waals surface area contributed by atoms with Gasteiger partial charge in [-0.25, -0.2) is 13.1 Å². The van der Waals surface area contributed by atoms with Crippen LogP contribution in [0.2, 0.25) is 0 Å². The summed E-state index contributed by atoms with van der Waals surface area (Å²) in [4.78, 5) is 14.4. The predicted molar refractivity (Wildman–Crippen MR) is 97.1 cm³/mol. The molecule has 0 radical (unpaired) electrons. The number of sulfonamides is 1. The summed E-state index contributed by atoms with van der Waals surface area (Å²) >= 11 is 0. The first-order chi connectivity index (χ1) is 10.6. The molecule has 1 fully saturated rings. The molecule has 1 aromatic carbocycles. The molecule has 6 nitrogen and oxygen atoms in total. The number of nitrogens with one attached hydrogen (secondary N) is 2. The maximum Gasteiger partial charge on any atom is 0.253 e. The summed E-state index contributed by atoms with van der Waals surface area (Å²) in [5.41, 5.74) is -0.0432. The van der Waals surface area contributed by atoms with Crippen LogP contribution < -0.4 is 10.0 Å². The van der Waals surface area contributed by atoms with Gasteiger partial charge in [-0.05, 0) is 52.0 Å². The van der Waals surface area contributed by atoms with E-state index >= 15 is 0 Å². The number of amides is 1. The molecule has 24 heavy (non-hydrogen) atoms. The normalized spacial score (nSPS) is 18.8. The van der Waals surface area contributed by atoms with Gasteiger partial charge in [0.25, 0.3) is 5.91 Å². The van der Waals surface area contributed by atoms with E-state index in [2.05, 4.69) is 10.0 Å². The van der Waals surface area contributed by atoms with Crippen molar-refractivity contribution in [3.63, 3.8) is 0 Å². The highest BCUT2D eigenvalue weighted by Gasteiger charge is 2.24. The lowest BCUT2D eigenvalue weighted by molar-refractivity contribution is 0.0709. The van der Waals surface area contributed by atoms with E-state index in [0.717, 1.165) is 6.54 Å². The topological polar surface area (TPSA) is 78.5 Å². The summed E-state index contributed by atoms with van der Waals surface area (Å²) < 4.78 is 27.1. The van der Waals surface area contributed by atoms with Crippen molar-refractivity contribution in [2.24, 2.45) is 0 Å². The minimum Gasteiger partial charge on any atom is -0.336 e. The van der Waals surface area contributed by atoms with Crippen molar-refractivity contribution in [1.82, 2.24) is 14.9 Å². The Morgan fingerprint density at radius 3 is 2.33 bits per heavy atom. The van der Waals surface area contributed by atoms with Crippen molar-refractivity contribution >= 4 is 28.3 Å². The molecule has 1 heterocycles. The summed E-state index contributed by atoms with van der Waals surface area (Å²) in [6, 6.07) is 6.38. The second-order valence-corrected chi connectivity index (χ2v) is 8.67. The molecule has 2 N–H and O–H groups in total. The molecule has 8 heteroatoms. The fourth-order valence-electron chi connectivity index (χ4n) is 2.54. The molecule has 1 atom stereocenters. The molecule has 0 aliphatic carbocycles. The van der Waals surface area contributed by atoms with Crippen LogP contribution in [-0.4, -0.2) is 50.4 Å². The standard InChI is InChI=1S/C16H25N3O3S.ClH/c1-12-11-19(10-9-17-12)15(20)13-5-7-14(8-6-13)23(21,22)18-16(2,3)4;/h5-8,12,17-18H,9-11H2,1-4H3;1H. The monoisotopic (exact) mass is 375 g/mol. The molecule has 1 amide bonds. The largest absolute Gasteiger partial charge is 0.336 e. The molecule has 0 bridgehead atoms. The van der Waals surface area contributed by atoms with Gasteiger partial charge in [-0.15, -0.1) is 12.4 Å². The number of rotatable bonds is 3. The smallest absolute Gasteiger partial charge is 0.253 e. The molecule has 1 aliphatic rings. The maximum absolute atomic E-state index is 12.5. The van der Waals surface area contributed by atoms with E-state index in [9.17, 15) is 13.2 Å².